The van der Waals surface area contributed by atoms with Crippen LogP contribution in [0.4, 0.5) is 5.69 Å². The number of piperidine rings is 1. The summed E-state index contributed by atoms with van der Waals surface area (Å²) in [7, 11) is 0. The molecule has 0 saturated carbocycles. The van der Waals surface area contributed by atoms with Gasteiger partial charge in [0.2, 0.25) is 0 Å². The van der Waals surface area contributed by atoms with Gasteiger partial charge in [0, 0.05) is 28.9 Å². The summed E-state index contributed by atoms with van der Waals surface area (Å²) in [5.41, 5.74) is 1.49. The van der Waals surface area contributed by atoms with E-state index in [2.05, 4.69) is 58.9 Å². The van der Waals surface area contributed by atoms with Gasteiger partial charge in [-0.05, 0) is 63.3 Å². The van der Waals surface area contributed by atoms with Crippen LogP contribution in [0.25, 0.3) is 0 Å². The number of anilines is 1. The number of rotatable bonds is 3. The van der Waals surface area contributed by atoms with Crippen LogP contribution in [0.5, 0.6) is 0 Å². The zero-order chi connectivity index (χ0) is 13.2. The molecule has 1 atom stereocenters. The maximum atomic E-state index is 9.12. The van der Waals surface area contributed by atoms with Crippen molar-refractivity contribution in [1.29, 1.82) is 0 Å². The summed E-state index contributed by atoms with van der Waals surface area (Å²) in [5.74, 6) is 0.617. The van der Waals surface area contributed by atoms with Gasteiger partial charge in [-0.1, -0.05) is 15.9 Å². The van der Waals surface area contributed by atoms with Crippen LogP contribution in [-0.4, -0.2) is 23.8 Å². The molecule has 0 bridgehead atoms. The maximum Gasteiger partial charge on any atom is 0.0434 e. The van der Waals surface area contributed by atoms with Crippen LogP contribution in [0.15, 0.2) is 28.7 Å². The Hall–Kier alpha value is -0.540. The Morgan fingerprint density at radius 2 is 2.00 bits per heavy atom. The van der Waals surface area contributed by atoms with Gasteiger partial charge in [0.1, 0.15) is 0 Å². The number of hydrogen-bond donors (Lipinski definition) is 1. The van der Waals surface area contributed by atoms with E-state index in [4.69, 9.17) is 5.11 Å². The van der Waals surface area contributed by atoms with Crippen LogP contribution >= 0.6 is 15.9 Å². The fourth-order valence-electron chi connectivity index (χ4n) is 2.78. The molecule has 0 spiro atoms. The number of benzene rings is 1. The topological polar surface area (TPSA) is 23.5 Å². The molecule has 1 N–H and O–H groups in total. The highest BCUT2D eigenvalue weighted by atomic mass is 79.9. The van der Waals surface area contributed by atoms with E-state index in [0.29, 0.717) is 12.5 Å². The van der Waals surface area contributed by atoms with Gasteiger partial charge < -0.3 is 10.0 Å². The van der Waals surface area contributed by atoms with Crippen LogP contribution in [-0.2, 0) is 0 Å². The van der Waals surface area contributed by atoms with Crippen molar-refractivity contribution in [3.8, 4) is 0 Å². The lowest BCUT2D eigenvalue weighted by atomic mass is 9.83. The highest BCUT2D eigenvalue weighted by molar-refractivity contribution is 9.10. The first-order valence-electron chi connectivity index (χ1n) is 6.67. The third kappa shape index (κ3) is 3.07. The Kier molecular flexibility index (Phi) is 4.33. The van der Waals surface area contributed by atoms with Gasteiger partial charge in [-0.3, -0.25) is 0 Å². The molecule has 0 amide bonds. The Morgan fingerprint density at radius 1 is 1.33 bits per heavy atom. The van der Waals surface area contributed by atoms with Crippen LogP contribution in [0.3, 0.4) is 0 Å². The Bertz CT molecular complexity index is 388. The molecule has 100 valence electrons. The fourth-order valence-corrected chi connectivity index (χ4v) is 3.05. The second-order valence-corrected chi connectivity index (χ2v) is 6.73. The summed E-state index contributed by atoms with van der Waals surface area (Å²) in [6, 6.07) is 8.54. The van der Waals surface area contributed by atoms with Crippen molar-refractivity contribution in [3.63, 3.8) is 0 Å². The molecular weight excluding hydrogens is 290 g/mol. The molecule has 1 heterocycles. The minimum absolute atomic E-state index is 0.208. The SMILES string of the molecule is CC1(C)CCC(CCO)CN1c1ccc(Br)cc1. The number of hydrogen-bond acceptors (Lipinski definition) is 2. The van der Waals surface area contributed by atoms with Gasteiger partial charge in [-0.2, -0.15) is 0 Å². The molecular formula is C15H22BrNO. The number of halogens is 1. The van der Waals surface area contributed by atoms with Gasteiger partial charge in [-0.25, -0.2) is 0 Å². The average Bonchev–Trinajstić information content (AvgIpc) is 2.33. The third-order valence-electron chi connectivity index (χ3n) is 4.01. The van der Waals surface area contributed by atoms with Crippen molar-refractivity contribution in [1.82, 2.24) is 0 Å². The first kappa shape index (κ1) is 13.9. The quantitative estimate of drug-likeness (QED) is 0.917. The molecule has 1 aliphatic rings. The molecule has 1 aliphatic heterocycles. The fraction of sp³-hybridized carbons (Fsp3) is 0.600. The summed E-state index contributed by atoms with van der Waals surface area (Å²) < 4.78 is 1.12. The largest absolute Gasteiger partial charge is 0.396 e. The van der Waals surface area contributed by atoms with E-state index in [1.54, 1.807) is 0 Å². The molecule has 1 aromatic carbocycles. The van der Waals surface area contributed by atoms with Crippen LogP contribution < -0.4 is 4.90 Å². The third-order valence-corrected chi connectivity index (χ3v) is 4.54. The molecule has 2 rings (SSSR count). The van der Waals surface area contributed by atoms with Crippen molar-refractivity contribution in [2.45, 2.75) is 38.6 Å². The lowest BCUT2D eigenvalue weighted by molar-refractivity contribution is 0.217. The predicted octanol–water partition coefficient (Wildman–Crippen LogP) is 3.83. The highest BCUT2D eigenvalue weighted by Gasteiger charge is 2.33. The van der Waals surface area contributed by atoms with Crippen molar-refractivity contribution in [2.75, 3.05) is 18.1 Å². The van der Waals surface area contributed by atoms with E-state index in [0.717, 1.165) is 17.4 Å². The van der Waals surface area contributed by atoms with E-state index in [9.17, 15) is 0 Å². The molecule has 0 aromatic heterocycles. The van der Waals surface area contributed by atoms with Crippen LogP contribution in [0.2, 0.25) is 0 Å². The van der Waals surface area contributed by atoms with Crippen molar-refractivity contribution in [3.05, 3.63) is 28.7 Å². The van der Waals surface area contributed by atoms with E-state index < -0.39 is 0 Å². The molecule has 3 heteroatoms. The molecule has 2 nitrogen and oxygen atoms in total. The smallest absolute Gasteiger partial charge is 0.0434 e. The second-order valence-electron chi connectivity index (χ2n) is 5.82. The number of aliphatic hydroxyl groups is 1. The van der Waals surface area contributed by atoms with Gasteiger partial charge >= 0.3 is 0 Å². The molecule has 1 fully saturated rings. The van der Waals surface area contributed by atoms with Gasteiger partial charge in [0.25, 0.3) is 0 Å². The first-order chi connectivity index (χ1) is 8.53. The van der Waals surface area contributed by atoms with E-state index in [-0.39, 0.29) is 5.54 Å². The summed E-state index contributed by atoms with van der Waals surface area (Å²) in [6.07, 6.45) is 3.33. The molecule has 1 aromatic rings. The zero-order valence-corrected chi connectivity index (χ0v) is 12.8. The number of nitrogens with zero attached hydrogens (tertiary/aromatic N) is 1. The maximum absolute atomic E-state index is 9.12. The van der Waals surface area contributed by atoms with Crippen LogP contribution in [0, 0.1) is 5.92 Å². The molecule has 1 saturated heterocycles. The highest BCUT2D eigenvalue weighted by Crippen LogP contribution is 2.36. The molecule has 18 heavy (non-hydrogen) atoms. The minimum Gasteiger partial charge on any atom is -0.396 e. The van der Waals surface area contributed by atoms with Crippen molar-refractivity contribution < 1.29 is 5.11 Å². The Balaban J connectivity index is 2.18. The summed E-state index contributed by atoms with van der Waals surface area (Å²) in [5, 5.41) is 9.12. The Labute approximate surface area is 118 Å². The van der Waals surface area contributed by atoms with E-state index >= 15 is 0 Å². The van der Waals surface area contributed by atoms with Crippen molar-refractivity contribution >= 4 is 21.6 Å². The first-order valence-corrected chi connectivity index (χ1v) is 7.46. The molecule has 0 radical (unpaired) electrons. The monoisotopic (exact) mass is 311 g/mol. The lowest BCUT2D eigenvalue weighted by Gasteiger charge is -2.47. The normalized spacial score (nSPS) is 23.1. The van der Waals surface area contributed by atoms with E-state index in [1.165, 1.54) is 18.5 Å². The molecule has 0 aliphatic carbocycles. The molecule has 1 unspecified atom stereocenters. The van der Waals surface area contributed by atoms with E-state index in [1.807, 2.05) is 0 Å². The van der Waals surface area contributed by atoms with Crippen LogP contribution in [0.1, 0.15) is 33.1 Å². The van der Waals surface area contributed by atoms with Gasteiger partial charge in [0.15, 0.2) is 0 Å². The minimum atomic E-state index is 0.208. The second kappa shape index (κ2) is 5.62. The average molecular weight is 312 g/mol. The summed E-state index contributed by atoms with van der Waals surface area (Å²) in [4.78, 5) is 2.49. The summed E-state index contributed by atoms with van der Waals surface area (Å²) >= 11 is 3.48. The Morgan fingerprint density at radius 3 is 2.61 bits per heavy atom. The van der Waals surface area contributed by atoms with Crippen molar-refractivity contribution in [2.24, 2.45) is 5.92 Å². The summed E-state index contributed by atoms with van der Waals surface area (Å²) in [6.45, 7) is 5.98. The zero-order valence-electron chi connectivity index (χ0n) is 11.2. The van der Waals surface area contributed by atoms with Gasteiger partial charge in [0.05, 0.1) is 0 Å². The van der Waals surface area contributed by atoms with Gasteiger partial charge in [-0.15, -0.1) is 0 Å². The standard InChI is InChI=1S/C15H22BrNO/c1-15(2)9-7-12(8-10-18)11-17(15)14-5-3-13(16)4-6-14/h3-6,12,18H,7-11H2,1-2H3. The predicted molar refractivity (Wildman–Crippen MR) is 80.0 cm³/mol. The number of aliphatic hydroxyl groups excluding tert-OH is 1. The lowest BCUT2D eigenvalue weighted by Crippen LogP contribution is -2.50.